The van der Waals surface area contributed by atoms with Crippen LogP contribution < -0.4 is 5.32 Å². The van der Waals surface area contributed by atoms with Crippen molar-refractivity contribution in [3.05, 3.63) is 46.0 Å². The van der Waals surface area contributed by atoms with E-state index in [0.717, 1.165) is 21.7 Å². The van der Waals surface area contributed by atoms with E-state index in [2.05, 4.69) is 10.3 Å². The van der Waals surface area contributed by atoms with Crippen molar-refractivity contribution < 1.29 is 14.3 Å². The number of hydrogen-bond acceptors (Lipinski definition) is 5. The number of amides is 2. The van der Waals surface area contributed by atoms with E-state index in [1.807, 2.05) is 52.0 Å². The third kappa shape index (κ3) is 5.07. The van der Waals surface area contributed by atoms with E-state index in [1.165, 1.54) is 11.3 Å². The van der Waals surface area contributed by atoms with Gasteiger partial charge in [0.05, 0.1) is 18.7 Å². The van der Waals surface area contributed by atoms with Crippen molar-refractivity contribution in [2.45, 2.75) is 52.7 Å². The summed E-state index contributed by atoms with van der Waals surface area (Å²) in [4.78, 5) is 31.8. The molecule has 0 saturated carbocycles. The molecule has 1 N–H and O–H groups in total. The molecule has 27 heavy (non-hydrogen) atoms. The Balaban J connectivity index is 1.62. The van der Waals surface area contributed by atoms with E-state index < -0.39 is 5.60 Å². The Bertz CT molecular complexity index is 854. The number of thiazole rings is 1. The summed E-state index contributed by atoms with van der Waals surface area (Å²) in [7, 11) is 0. The molecule has 0 unspecified atom stereocenters. The Labute approximate surface area is 163 Å². The summed E-state index contributed by atoms with van der Waals surface area (Å²) >= 11 is 1.43. The van der Waals surface area contributed by atoms with Crippen molar-refractivity contribution in [2.75, 3.05) is 11.9 Å². The first-order valence-electron chi connectivity index (χ1n) is 9.02. The minimum Gasteiger partial charge on any atom is -0.444 e. The average Bonchev–Trinajstić information content (AvgIpc) is 2.96. The van der Waals surface area contributed by atoms with Crippen LogP contribution >= 0.6 is 11.3 Å². The normalized spacial score (nSPS) is 13.9. The van der Waals surface area contributed by atoms with Crippen LogP contribution in [-0.4, -0.2) is 34.0 Å². The summed E-state index contributed by atoms with van der Waals surface area (Å²) in [5.41, 5.74) is 2.54. The largest absolute Gasteiger partial charge is 0.444 e. The van der Waals surface area contributed by atoms with Crippen molar-refractivity contribution in [3.63, 3.8) is 0 Å². The number of hydrogen-bond donors (Lipinski definition) is 1. The fraction of sp³-hybridized carbons (Fsp3) is 0.450. The van der Waals surface area contributed by atoms with Gasteiger partial charge in [-0.25, -0.2) is 9.78 Å². The molecule has 0 fully saturated rings. The molecule has 0 aliphatic carbocycles. The Kier molecular flexibility index (Phi) is 5.51. The zero-order chi connectivity index (χ0) is 19.6. The van der Waals surface area contributed by atoms with Gasteiger partial charge in [-0.05, 0) is 38.8 Å². The summed E-state index contributed by atoms with van der Waals surface area (Å²) in [6, 6.07) is 7.85. The van der Waals surface area contributed by atoms with Crippen LogP contribution in [0.5, 0.6) is 0 Å². The number of aryl methyl sites for hydroxylation is 1. The molecular formula is C20H25N3O3S. The van der Waals surface area contributed by atoms with Crippen molar-refractivity contribution in [2.24, 2.45) is 0 Å². The molecule has 6 nitrogen and oxygen atoms in total. The van der Waals surface area contributed by atoms with Crippen molar-refractivity contribution in [1.82, 2.24) is 9.88 Å². The van der Waals surface area contributed by atoms with E-state index >= 15 is 0 Å². The first-order chi connectivity index (χ1) is 12.7. The lowest BCUT2D eigenvalue weighted by Gasteiger charge is -2.29. The lowest BCUT2D eigenvalue weighted by atomic mass is 10.1. The Hall–Kier alpha value is -2.41. The monoisotopic (exact) mass is 387 g/mol. The second-order valence-electron chi connectivity index (χ2n) is 7.69. The zero-order valence-electron chi connectivity index (χ0n) is 16.2. The summed E-state index contributed by atoms with van der Waals surface area (Å²) in [5.74, 6) is -0.0839. The minimum atomic E-state index is -0.514. The van der Waals surface area contributed by atoms with Gasteiger partial charge in [0.15, 0.2) is 5.13 Å². The third-order valence-corrected chi connectivity index (χ3v) is 5.24. The number of rotatable bonds is 3. The van der Waals surface area contributed by atoms with E-state index in [9.17, 15) is 9.59 Å². The molecule has 2 aromatic rings. The number of anilines is 1. The van der Waals surface area contributed by atoms with Gasteiger partial charge in [-0.3, -0.25) is 4.79 Å². The highest BCUT2D eigenvalue weighted by molar-refractivity contribution is 7.15. The molecule has 0 radical (unpaired) electrons. The topological polar surface area (TPSA) is 71.5 Å². The highest BCUT2D eigenvalue weighted by Gasteiger charge is 2.28. The van der Waals surface area contributed by atoms with Gasteiger partial charge in [0, 0.05) is 17.8 Å². The highest BCUT2D eigenvalue weighted by atomic mass is 32.1. The SMILES string of the molecule is Cc1ccccc1CC(=O)Nc1nc2c(s1)CN(C(=O)OC(C)(C)C)CC2. The predicted octanol–water partition coefficient (Wildman–Crippen LogP) is 3.93. The second kappa shape index (κ2) is 7.68. The van der Waals surface area contributed by atoms with E-state index in [1.54, 1.807) is 4.90 Å². The van der Waals surface area contributed by atoms with Gasteiger partial charge in [-0.1, -0.05) is 35.6 Å². The van der Waals surface area contributed by atoms with Gasteiger partial charge in [0.25, 0.3) is 0 Å². The van der Waals surface area contributed by atoms with Crippen molar-refractivity contribution in [3.8, 4) is 0 Å². The van der Waals surface area contributed by atoms with Crippen molar-refractivity contribution in [1.29, 1.82) is 0 Å². The smallest absolute Gasteiger partial charge is 0.410 e. The molecule has 0 bridgehead atoms. The quantitative estimate of drug-likeness (QED) is 0.866. The minimum absolute atomic E-state index is 0.0839. The zero-order valence-corrected chi connectivity index (χ0v) is 17.0. The highest BCUT2D eigenvalue weighted by Crippen LogP contribution is 2.29. The number of aromatic nitrogens is 1. The molecule has 0 atom stereocenters. The van der Waals surface area contributed by atoms with Crippen LogP contribution in [0, 0.1) is 6.92 Å². The van der Waals surface area contributed by atoms with Gasteiger partial charge in [-0.15, -0.1) is 0 Å². The number of fused-ring (bicyclic) bond motifs is 1. The Morgan fingerprint density at radius 3 is 2.74 bits per heavy atom. The van der Waals surface area contributed by atoms with Gasteiger partial charge >= 0.3 is 6.09 Å². The van der Waals surface area contributed by atoms with Crippen LogP contribution in [-0.2, 0) is 28.9 Å². The van der Waals surface area contributed by atoms with Crippen LogP contribution in [0.15, 0.2) is 24.3 Å². The van der Waals surface area contributed by atoms with Gasteiger partial charge < -0.3 is 15.0 Å². The summed E-state index contributed by atoms with van der Waals surface area (Å²) in [6.45, 7) is 8.60. The Morgan fingerprint density at radius 2 is 2.04 bits per heavy atom. The van der Waals surface area contributed by atoms with Crippen LogP contribution in [0.2, 0.25) is 0 Å². The standard InChI is InChI=1S/C20H25N3O3S/c1-13-7-5-6-8-14(13)11-17(24)22-18-21-15-9-10-23(12-16(15)27-18)19(25)26-20(2,3)4/h5-8H,9-12H2,1-4H3,(H,21,22,24). The van der Waals surface area contributed by atoms with Gasteiger partial charge in [0.2, 0.25) is 5.91 Å². The first-order valence-corrected chi connectivity index (χ1v) is 9.84. The molecule has 3 rings (SSSR count). The van der Waals surface area contributed by atoms with Crippen LogP contribution in [0.4, 0.5) is 9.93 Å². The van der Waals surface area contributed by atoms with Gasteiger partial charge in [0.1, 0.15) is 5.60 Å². The average molecular weight is 388 g/mol. The fourth-order valence-electron chi connectivity index (χ4n) is 2.88. The first kappa shape index (κ1) is 19.4. The van der Waals surface area contributed by atoms with Crippen LogP contribution in [0.1, 0.15) is 42.5 Å². The lowest BCUT2D eigenvalue weighted by Crippen LogP contribution is -2.39. The molecule has 1 aliphatic rings. The summed E-state index contributed by atoms with van der Waals surface area (Å²) < 4.78 is 5.44. The third-order valence-electron chi connectivity index (χ3n) is 4.24. The number of ether oxygens (including phenoxy) is 1. The van der Waals surface area contributed by atoms with E-state index in [0.29, 0.717) is 31.1 Å². The summed E-state index contributed by atoms with van der Waals surface area (Å²) in [6.07, 6.45) is 0.673. The molecule has 1 aromatic heterocycles. The van der Waals surface area contributed by atoms with Crippen LogP contribution in [0.25, 0.3) is 0 Å². The number of benzene rings is 1. The number of carbonyl (C=O) groups excluding carboxylic acids is 2. The maximum absolute atomic E-state index is 12.3. The maximum atomic E-state index is 12.3. The molecular weight excluding hydrogens is 362 g/mol. The molecule has 0 saturated heterocycles. The van der Waals surface area contributed by atoms with E-state index in [-0.39, 0.29) is 12.0 Å². The summed E-state index contributed by atoms with van der Waals surface area (Å²) in [5, 5.41) is 3.48. The number of carbonyl (C=O) groups is 2. The molecule has 1 aliphatic heterocycles. The van der Waals surface area contributed by atoms with Crippen molar-refractivity contribution >= 4 is 28.5 Å². The van der Waals surface area contributed by atoms with Crippen LogP contribution in [0.3, 0.4) is 0 Å². The molecule has 144 valence electrons. The number of nitrogens with zero attached hydrogens (tertiary/aromatic N) is 2. The van der Waals surface area contributed by atoms with Gasteiger partial charge in [-0.2, -0.15) is 0 Å². The maximum Gasteiger partial charge on any atom is 0.410 e. The molecule has 0 spiro atoms. The lowest BCUT2D eigenvalue weighted by molar-refractivity contribution is -0.115. The predicted molar refractivity (Wildman–Crippen MR) is 106 cm³/mol. The molecule has 1 aromatic carbocycles. The fourth-order valence-corrected chi connectivity index (χ4v) is 3.92. The number of nitrogens with one attached hydrogen (secondary N) is 1. The Morgan fingerprint density at radius 1 is 1.30 bits per heavy atom. The second-order valence-corrected chi connectivity index (χ2v) is 8.78. The molecule has 2 heterocycles. The molecule has 7 heteroatoms. The molecule has 2 amide bonds. The van der Waals surface area contributed by atoms with E-state index in [4.69, 9.17) is 4.74 Å².